The van der Waals surface area contributed by atoms with Crippen LogP contribution in [0.3, 0.4) is 0 Å². The summed E-state index contributed by atoms with van der Waals surface area (Å²) in [7, 11) is 0. The maximum Gasteiger partial charge on any atom is 0.238 e. The van der Waals surface area contributed by atoms with Crippen LogP contribution >= 0.6 is 46.3 Å². The third-order valence-electron chi connectivity index (χ3n) is 3.25. The fraction of sp³-hybridized carbons (Fsp3) is 0.118. The summed E-state index contributed by atoms with van der Waals surface area (Å²) in [6, 6.07) is 11.5. The molecule has 4 nitrogen and oxygen atoms in total. The first-order chi connectivity index (χ1) is 12.0. The van der Waals surface area contributed by atoms with Crippen molar-refractivity contribution in [2.24, 2.45) is 0 Å². The van der Waals surface area contributed by atoms with Crippen LogP contribution in [0.5, 0.6) is 0 Å². The number of hydrogen-bond acceptors (Lipinski definition) is 5. The Kier molecular flexibility index (Phi) is 5.96. The topological polar surface area (TPSA) is 54.9 Å². The number of anilines is 1. The number of rotatable bonds is 5. The summed E-state index contributed by atoms with van der Waals surface area (Å²) < 4.78 is 0.830. The normalized spacial score (nSPS) is 12.0. The molecule has 0 saturated heterocycles. The number of halogens is 2. The van der Waals surface area contributed by atoms with Crippen LogP contribution < -0.4 is 5.32 Å². The quantitative estimate of drug-likeness (QED) is 0.554. The Morgan fingerprint density at radius 1 is 1.28 bits per heavy atom. The lowest BCUT2D eigenvalue weighted by Crippen LogP contribution is -2.23. The number of nitrogens with one attached hydrogen (secondary N) is 1. The standard InChI is InChI=1S/C17H13Cl2N3OS2/c1-10(16(23)22-15-13(19)7-12(18)8-20-15)25-17-21-14(9-24-17)11-5-3-2-4-6-11/h2-10H,1H3,(H,20,22,23)/t10-/m0/s1. The Morgan fingerprint density at radius 2 is 2.04 bits per heavy atom. The van der Waals surface area contributed by atoms with Crippen molar-refractivity contribution in [3.63, 3.8) is 0 Å². The molecule has 1 N–H and O–H groups in total. The van der Waals surface area contributed by atoms with Crippen molar-refractivity contribution in [1.82, 2.24) is 9.97 Å². The molecule has 0 spiro atoms. The summed E-state index contributed by atoms with van der Waals surface area (Å²) in [5.74, 6) is 0.103. The van der Waals surface area contributed by atoms with E-state index < -0.39 is 0 Å². The van der Waals surface area contributed by atoms with E-state index >= 15 is 0 Å². The molecule has 0 fully saturated rings. The van der Waals surface area contributed by atoms with E-state index in [4.69, 9.17) is 23.2 Å². The number of carbonyl (C=O) groups excluding carboxylic acids is 1. The second-order valence-electron chi connectivity index (χ2n) is 5.10. The molecule has 0 unspecified atom stereocenters. The fourth-order valence-electron chi connectivity index (χ4n) is 1.98. The minimum atomic E-state index is -0.344. The number of thioether (sulfide) groups is 1. The number of carbonyl (C=O) groups is 1. The average Bonchev–Trinajstić information content (AvgIpc) is 3.06. The van der Waals surface area contributed by atoms with Crippen LogP contribution in [0.25, 0.3) is 11.3 Å². The zero-order valence-electron chi connectivity index (χ0n) is 13.1. The molecule has 2 heterocycles. The number of amides is 1. The van der Waals surface area contributed by atoms with E-state index in [-0.39, 0.29) is 11.2 Å². The summed E-state index contributed by atoms with van der Waals surface area (Å²) in [6.07, 6.45) is 1.44. The van der Waals surface area contributed by atoms with Gasteiger partial charge in [-0.2, -0.15) is 0 Å². The van der Waals surface area contributed by atoms with E-state index in [9.17, 15) is 4.79 Å². The molecule has 2 aromatic heterocycles. The van der Waals surface area contributed by atoms with Gasteiger partial charge in [0.1, 0.15) is 0 Å². The van der Waals surface area contributed by atoms with E-state index in [1.54, 1.807) is 0 Å². The molecule has 8 heteroatoms. The Bertz CT molecular complexity index is 887. The third-order valence-corrected chi connectivity index (χ3v) is 5.82. The Labute approximate surface area is 163 Å². The van der Waals surface area contributed by atoms with Crippen molar-refractivity contribution in [2.75, 3.05) is 5.32 Å². The summed E-state index contributed by atoms with van der Waals surface area (Å²) in [5.41, 5.74) is 1.96. The lowest BCUT2D eigenvalue weighted by atomic mass is 10.2. The van der Waals surface area contributed by atoms with Crippen molar-refractivity contribution in [3.05, 3.63) is 58.0 Å². The third kappa shape index (κ3) is 4.73. The van der Waals surface area contributed by atoms with Gasteiger partial charge in [0.25, 0.3) is 0 Å². The minimum Gasteiger partial charge on any atom is -0.308 e. The summed E-state index contributed by atoms with van der Waals surface area (Å²) in [4.78, 5) is 21.0. The fourth-order valence-corrected chi connectivity index (χ4v) is 4.38. The predicted molar refractivity (Wildman–Crippen MR) is 106 cm³/mol. The van der Waals surface area contributed by atoms with Crippen molar-refractivity contribution < 1.29 is 4.79 Å². The van der Waals surface area contributed by atoms with Gasteiger partial charge in [-0.25, -0.2) is 9.97 Å². The maximum atomic E-state index is 12.3. The smallest absolute Gasteiger partial charge is 0.238 e. The van der Waals surface area contributed by atoms with Gasteiger partial charge >= 0.3 is 0 Å². The molecule has 0 saturated carbocycles. The predicted octanol–water partition coefficient (Wildman–Crippen LogP) is 5.63. The summed E-state index contributed by atoms with van der Waals surface area (Å²) in [5, 5.41) is 5.08. The van der Waals surface area contributed by atoms with Gasteiger partial charge in [-0.3, -0.25) is 4.79 Å². The average molecular weight is 410 g/mol. The second kappa shape index (κ2) is 8.19. The van der Waals surface area contributed by atoms with E-state index in [1.165, 1.54) is 35.4 Å². The number of hydrogen-bond donors (Lipinski definition) is 1. The van der Waals surface area contributed by atoms with Gasteiger partial charge in [0.15, 0.2) is 10.2 Å². The Balaban J connectivity index is 1.65. The zero-order valence-corrected chi connectivity index (χ0v) is 16.2. The van der Waals surface area contributed by atoms with Crippen LogP contribution in [0.2, 0.25) is 10.0 Å². The molecule has 0 bridgehead atoms. The van der Waals surface area contributed by atoms with E-state index in [0.717, 1.165) is 15.6 Å². The van der Waals surface area contributed by atoms with Gasteiger partial charge in [-0.1, -0.05) is 65.3 Å². The van der Waals surface area contributed by atoms with E-state index in [2.05, 4.69) is 15.3 Å². The van der Waals surface area contributed by atoms with Gasteiger partial charge in [0, 0.05) is 17.1 Å². The van der Waals surface area contributed by atoms with Crippen molar-refractivity contribution in [1.29, 1.82) is 0 Å². The largest absolute Gasteiger partial charge is 0.308 e. The molecular formula is C17H13Cl2N3OS2. The first-order valence-corrected chi connectivity index (χ1v) is 9.84. The van der Waals surface area contributed by atoms with Crippen molar-refractivity contribution >= 4 is 58.0 Å². The molecule has 0 aliphatic rings. The molecule has 1 amide bonds. The van der Waals surface area contributed by atoms with Crippen LogP contribution in [-0.4, -0.2) is 21.1 Å². The van der Waals surface area contributed by atoms with Crippen LogP contribution in [0, 0.1) is 0 Å². The first kappa shape index (κ1) is 18.2. The lowest BCUT2D eigenvalue weighted by Gasteiger charge is -2.11. The van der Waals surface area contributed by atoms with Crippen LogP contribution in [0.1, 0.15) is 6.92 Å². The van der Waals surface area contributed by atoms with Gasteiger partial charge in [-0.15, -0.1) is 11.3 Å². The zero-order chi connectivity index (χ0) is 17.8. The highest BCUT2D eigenvalue weighted by Gasteiger charge is 2.18. The van der Waals surface area contributed by atoms with E-state index in [1.807, 2.05) is 42.6 Å². The molecule has 25 heavy (non-hydrogen) atoms. The molecule has 128 valence electrons. The number of nitrogens with zero attached hydrogens (tertiary/aromatic N) is 2. The number of benzene rings is 1. The summed E-state index contributed by atoms with van der Waals surface area (Å²) in [6.45, 7) is 1.81. The van der Waals surface area contributed by atoms with Crippen LogP contribution in [-0.2, 0) is 4.79 Å². The molecular weight excluding hydrogens is 397 g/mol. The van der Waals surface area contributed by atoms with Crippen LogP contribution in [0.4, 0.5) is 5.82 Å². The molecule has 0 radical (unpaired) electrons. The number of aromatic nitrogens is 2. The summed E-state index contributed by atoms with van der Waals surface area (Å²) >= 11 is 14.7. The number of pyridine rings is 1. The van der Waals surface area contributed by atoms with Crippen molar-refractivity contribution in [2.45, 2.75) is 16.5 Å². The maximum absolute atomic E-state index is 12.3. The monoisotopic (exact) mass is 409 g/mol. The van der Waals surface area contributed by atoms with Gasteiger partial charge in [0.2, 0.25) is 5.91 Å². The number of thiazole rings is 1. The minimum absolute atomic E-state index is 0.196. The molecule has 3 rings (SSSR count). The lowest BCUT2D eigenvalue weighted by molar-refractivity contribution is -0.115. The highest BCUT2D eigenvalue weighted by molar-refractivity contribution is 8.02. The Hall–Kier alpha value is -1.60. The van der Waals surface area contributed by atoms with Gasteiger partial charge in [-0.05, 0) is 13.0 Å². The van der Waals surface area contributed by atoms with Gasteiger partial charge in [0.05, 0.1) is 21.0 Å². The highest BCUT2D eigenvalue weighted by atomic mass is 35.5. The van der Waals surface area contributed by atoms with Crippen LogP contribution in [0.15, 0.2) is 52.3 Å². The molecule has 1 atom stereocenters. The molecule has 1 aromatic carbocycles. The second-order valence-corrected chi connectivity index (χ2v) is 8.39. The highest BCUT2D eigenvalue weighted by Crippen LogP contribution is 2.31. The van der Waals surface area contributed by atoms with E-state index in [0.29, 0.717) is 15.9 Å². The SMILES string of the molecule is C[C@H](Sc1nc(-c2ccccc2)cs1)C(=O)Nc1ncc(Cl)cc1Cl. The molecule has 0 aliphatic heterocycles. The Morgan fingerprint density at radius 3 is 2.76 bits per heavy atom. The first-order valence-electron chi connectivity index (χ1n) is 7.32. The molecule has 0 aliphatic carbocycles. The van der Waals surface area contributed by atoms with Gasteiger partial charge < -0.3 is 5.32 Å². The van der Waals surface area contributed by atoms with Crippen molar-refractivity contribution in [3.8, 4) is 11.3 Å². The molecule has 3 aromatic rings.